The van der Waals surface area contributed by atoms with Gasteiger partial charge in [0.2, 0.25) is 10.0 Å². The number of hydrogen-bond acceptors (Lipinski definition) is 4. The number of aryl methyl sites for hydroxylation is 1. The number of sulfonamides is 1. The summed E-state index contributed by atoms with van der Waals surface area (Å²) in [6.45, 7) is 0.255. The van der Waals surface area contributed by atoms with Crippen molar-refractivity contribution in [3.63, 3.8) is 0 Å². The van der Waals surface area contributed by atoms with Crippen LogP contribution in [0, 0.1) is 11.3 Å². The molecule has 6 nitrogen and oxygen atoms in total. The molecule has 0 aliphatic rings. The number of hydrogen-bond donors (Lipinski definition) is 0. The zero-order valence-corrected chi connectivity index (χ0v) is 12.7. The van der Waals surface area contributed by atoms with E-state index < -0.39 is 10.0 Å². The first-order chi connectivity index (χ1) is 9.92. The van der Waals surface area contributed by atoms with Crippen molar-refractivity contribution in [2.24, 2.45) is 7.05 Å². The van der Waals surface area contributed by atoms with Crippen LogP contribution in [-0.2, 0) is 29.4 Å². The van der Waals surface area contributed by atoms with E-state index in [0.717, 1.165) is 5.56 Å². The normalized spacial score (nSPS) is 11.5. The molecule has 0 saturated heterocycles. The van der Waals surface area contributed by atoms with Gasteiger partial charge in [0.1, 0.15) is 0 Å². The first-order valence-corrected chi connectivity index (χ1v) is 7.93. The first-order valence-electron chi connectivity index (χ1n) is 6.32. The molecule has 1 aromatic heterocycles. The van der Waals surface area contributed by atoms with Crippen LogP contribution >= 0.6 is 0 Å². The number of benzene rings is 1. The lowest BCUT2D eigenvalue weighted by Gasteiger charge is -2.16. The average Bonchev–Trinajstić information content (AvgIpc) is 2.84. The van der Waals surface area contributed by atoms with Gasteiger partial charge in [-0.15, -0.1) is 0 Å². The van der Waals surface area contributed by atoms with Crippen molar-refractivity contribution < 1.29 is 8.42 Å². The molecule has 0 N–H and O–H groups in total. The van der Waals surface area contributed by atoms with Gasteiger partial charge in [0, 0.05) is 32.4 Å². The summed E-state index contributed by atoms with van der Waals surface area (Å²) in [6.07, 6.45) is 3.41. The van der Waals surface area contributed by atoms with E-state index in [2.05, 4.69) is 5.10 Å². The van der Waals surface area contributed by atoms with Gasteiger partial charge in [0.25, 0.3) is 0 Å². The van der Waals surface area contributed by atoms with Crippen LogP contribution in [-0.4, -0.2) is 29.6 Å². The number of rotatable bonds is 5. The molecule has 2 rings (SSSR count). The van der Waals surface area contributed by atoms with Crippen molar-refractivity contribution in [2.75, 3.05) is 7.05 Å². The largest absolute Gasteiger partial charge is 0.275 e. The second-order valence-electron chi connectivity index (χ2n) is 4.80. The van der Waals surface area contributed by atoms with E-state index >= 15 is 0 Å². The van der Waals surface area contributed by atoms with E-state index in [1.807, 2.05) is 6.07 Å². The van der Waals surface area contributed by atoms with Crippen LogP contribution in [0.2, 0.25) is 0 Å². The van der Waals surface area contributed by atoms with Crippen LogP contribution in [0.3, 0.4) is 0 Å². The Hall–Kier alpha value is -2.17. The van der Waals surface area contributed by atoms with Crippen LogP contribution in [0.15, 0.2) is 36.7 Å². The summed E-state index contributed by atoms with van der Waals surface area (Å²) in [5.74, 6) is -0.187. The fraction of sp³-hybridized carbons (Fsp3) is 0.286. The maximum absolute atomic E-state index is 12.4. The van der Waals surface area contributed by atoms with Gasteiger partial charge in [-0.1, -0.05) is 18.2 Å². The quantitative estimate of drug-likeness (QED) is 0.833. The summed E-state index contributed by atoms with van der Waals surface area (Å²) in [5.41, 5.74) is 1.71. The summed E-state index contributed by atoms with van der Waals surface area (Å²) in [7, 11) is -0.186. The third kappa shape index (κ3) is 3.68. The highest BCUT2D eigenvalue weighted by Crippen LogP contribution is 2.15. The average molecular weight is 304 g/mol. The van der Waals surface area contributed by atoms with E-state index in [1.165, 1.54) is 11.4 Å². The predicted octanol–water partition coefficient (Wildman–Crippen LogP) is 1.25. The maximum atomic E-state index is 12.4. The maximum Gasteiger partial charge on any atom is 0.218 e. The van der Waals surface area contributed by atoms with E-state index in [1.54, 1.807) is 48.4 Å². The zero-order valence-electron chi connectivity index (χ0n) is 11.9. The van der Waals surface area contributed by atoms with Crippen LogP contribution < -0.4 is 0 Å². The van der Waals surface area contributed by atoms with Crippen molar-refractivity contribution in [3.05, 3.63) is 53.3 Å². The lowest BCUT2D eigenvalue weighted by atomic mass is 10.1. The molecule has 0 radical (unpaired) electrons. The molecule has 0 spiro atoms. The Bertz CT molecular complexity index is 774. The highest BCUT2D eigenvalue weighted by molar-refractivity contribution is 7.88. The van der Waals surface area contributed by atoms with Crippen molar-refractivity contribution in [1.82, 2.24) is 14.1 Å². The van der Waals surface area contributed by atoms with Gasteiger partial charge < -0.3 is 0 Å². The number of aromatic nitrogens is 2. The van der Waals surface area contributed by atoms with Crippen LogP contribution in [0.25, 0.3) is 0 Å². The lowest BCUT2D eigenvalue weighted by Crippen LogP contribution is -2.27. The van der Waals surface area contributed by atoms with E-state index in [-0.39, 0.29) is 12.3 Å². The Labute approximate surface area is 124 Å². The fourth-order valence-corrected chi connectivity index (χ4v) is 3.18. The molecular weight excluding hydrogens is 288 g/mol. The minimum absolute atomic E-state index is 0.187. The third-order valence-corrected chi connectivity index (χ3v) is 4.87. The van der Waals surface area contributed by atoms with Crippen molar-refractivity contribution in [3.8, 4) is 6.07 Å². The molecule has 0 unspecified atom stereocenters. The van der Waals surface area contributed by atoms with E-state index in [4.69, 9.17) is 5.26 Å². The summed E-state index contributed by atoms with van der Waals surface area (Å²) in [4.78, 5) is 0. The predicted molar refractivity (Wildman–Crippen MR) is 78.5 cm³/mol. The van der Waals surface area contributed by atoms with Crippen LogP contribution in [0.4, 0.5) is 0 Å². The van der Waals surface area contributed by atoms with Gasteiger partial charge in [0.15, 0.2) is 0 Å². The van der Waals surface area contributed by atoms with E-state index in [0.29, 0.717) is 11.1 Å². The number of nitriles is 1. The summed E-state index contributed by atoms with van der Waals surface area (Å²) in [6, 6.07) is 8.74. The van der Waals surface area contributed by atoms with Gasteiger partial charge in [-0.3, -0.25) is 4.68 Å². The molecule has 0 fully saturated rings. The van der Waals surface area contributed by atoms with Crippen LogP contribution in [0.1, 0.15) is 16.7 Å². The Morgan fingerprint density at radius 1 is 1.38 bits per heavy atom. The van der Waals surface area contributed by atoms with Gasteiger partial charge in [-0.2, -0.15) is 10.4 Å². The molecule has 7 heteroatoms. The van der Waals surface area contributed by atoms with Crippen molar-refractivity contribution in [1.29, 1.82) is 5.26 Å². The number of nitrogens with zero attached hydrogens (tertiary/aromatic N) is 4. The zero-order chi connectivity index (χ0) is 15.5. The second-order valence-corrected chi connectivity index (χ2v) is 6.88. The standard InChI is InChI=1S/C14H16N4O2S/c1-17-9-12(8-16-17)10-18(2)21(19,20)11-14-6-4-3-5-13(14)7-15/h3-6,8-9H,10-11H2,1-2H3. The SMILES string of the molecule is CN(Cc1cnn(C)c1)S(=O)(=O)Cc1ccccc1C#N. The van der Waals surface area contributed by atoms with Crippen molar-refractivity contribution in [2.45, 2.75) is 12.3 Å². The first kappa shape index (κ1) is 15.2. The topological polar surface area (TPSA) is 79.0 Å². The minimum Gasteiger partial charge on any atom is -0.275 e. The Balaban J connectivity index is 2.16. The fourth-order valence-electron chi connectivity index (χ4n) is 1.97. The highest BCUT2D eigenvalue weighted by Gasteiger charge is 2.20. The molecule has 0 aliphatic carbocycles. The molecule has 110 valence electrons. The van der Waals surface area contributed by atoms with Crippen molar-refractivity contribution >= 4 is 10.0 Å². The Morgan fingerprint density at radius 3 is 2.71 bits per heavy atom. The summed E-state index contributed by atoms with van der Waals surface area (Å²) >= 11 is 0. The minimum atomic E-state index is -3.49. The highest BCUT2D eigenvalue weighted by atomic mass is 32.2. The molecule has 1 heterocycles. The van der Waals surface area contributed by atoms with Gasteiger partial charge in [0.05, 0.1) is 23.6 Å². The van der Waals surface area contributed by atoms with Gasteiger partial charge in [-0.05, 0) is 11.6 Å². The second kappa shape index (κ2) is 6.08. The Morgan fingerprint density at radius 2 is 2.10 bits per heavy atom. The molecule has 21 heavy (non-hydrogen) atoms. The summed E-state index contributed by atoms with van der Waals surface area (Å²) in [5, 5.41) is 13.0. The van der Waals surface area contributed by atoms with Crippen LogP contribution in [0.5, 0.6) is 0 Å². The van der Waals surface area contributed by atoms with Gasteiger partial charge in [-0.25, -0.2) is 12.7 Å². The smallest absolute Gasteiger partial charge is 0.218 e. The monoisotopic (exact) mass is 304 g/mol. The van der Waals surface area contributed by atoms with Gasteiger partial charge >= 0.3 is 0 Å². The Kier molecular flexibility index (Phi) is 4.40. The molecule has 0 amide bonds. The molecule has 0 bridgehead atoms. The molecule has 1 aromatic carbocycles. The molecule has 2 aromatic rings. The van der Waals surface area contributed by atoms with E-state index in [9.17, 15) is 8.42 Å². The third-order valence-electron chi connectivity index (χ3n) is 3.11. The molecule has 0 atom stereocenters. The molecule has 0 saturated carbocycles. The summed E-state index contributed by atoms with van der Waals surface area (Å²) < 4.78 is 27.6. The molecule has 0 aliphatic heterocycles. The molecular formula is C14H16N4O2S. The lowest BCUT2D eigenvalue weighted by molar-refractivity contribution is 0.465.